The van der Waals surface area contributed by atoms with Crippen LogP contribution in [0.1, 0.15) is 22.3 Å². The van der Waals surface area contributed by atoms with E-state index in [4.69, 9.17) is 0 Å². The fourth-order valence-corrected chi connectivity index (χ4v) is 3.34. The van der Waals surface area contributed by atoms with Crippen LogP contribution in [-0.2, 0) is 4.79 Å². The summed E-state index contributed by atoms with van der Waals surface area (Å²) in [5, 5.41) is 12.4. The molecule has 1 aromatic heterocycles. The maximum atomic E-state index is 12.6. The van der Waals surface area contributed by atoms with Crippen molar-refractivity contribution in [3.8, 4) is 0 Å². The number of nitrogens with one attached hydrogen (secondary N) is 4. The molecule has 0 fully saturated rings. The average molecular weight is 468 g/mol. The number of hydrogen-bond acceptors (Lipinski definition) is 7. The molecule has 0 unspecified atom stereocenters. The van der Waals surface area contributed by atoms with Gasteiger partial charge in [0, 0.05) is 17.1 Å². The van der Waals surface area contributed by atoms with Crippen molar-refractivity contribution in [3.63, 3.8) is 0 Å². The smallest absolute Gasteiger partial charge is 0.243 e. The minimum atomic E-state index is -0.194. The van der Waals surface area contributed by atoms with Crippen molar-refractivity contribution in [3.05, 3.63) is 89.0 Å². The molecule has 0 aliphatic carbocycles. The van der Waals surface area contributed by atoms with E-state index in [0.717, 1.165) is 39.3 Å². The number of carbonyl (C=O) groups excluding carboxylic acids is 1. The molecule has 1 heterocycles. The van der Waals surface area contributed by atoms with E-state index in [9.17, 15) is 4.79 Å². The van der Waals surface area contributed by atoms with Gasteiger partial charge in [-0.15, -0.1) is 0 Å². The molecule has 8 heteroatoms. The second-order valence-electron chi connectivity index (χ2n) is 8.44. The number of rotatable bonds is 8. The number of aryl methyl sites for hydroxylation is 3. The minimum Gasteiger partial charge on any atom is -0.345 e. The lowest BCUT2D eigenvalue weighted by atomic mass is 10.1. The van der Waals surface area contributed by atoms with Crippen molar-refractivity contribution in [2.45, 2.75) is 27.7 Å². The Hall–Kier alpha value is -4.46. The Morgan fingerprint density at radius 2 is 1.20 bits per heavy atom. The molecule has 4 rings (SSSR count). The first kappa shape index (κ1) is 23.7. The summed E-state index contributed by atoms with van der Waals surface area (Å²) in [7, 11) is 0. The summed E-state index contributed by atoms with van der Waals surface area (Å²) >= 11 is 0. The van der Waals surface area contributed by atoms with Gasteiger partial charge in [-0.05, 0) is 69.2 Å². The number of hydrogen-bond donors (Lipinski definition) is 4. The molecule has 178 valence electrons. The molecule has 0 bridgehead atoms. The second kappa shape index (κ2) is 10.6. The summed E-state index contributed by atoms with van der Waals surface area (Å²) < 4.78 is 0. The van der Waals surface area contributed by atoms with Gasteiger partial charge >= 0.3 is 0 Å². The van der Waals surface area contributed by atoms with Gasteiger partial charge in [-0.25, -0.2) is 0 Å². The first-order chi connectivity index (χ1) is 16.9. The molecule has 0 saturated heterocycles. The highest BCUT2D eigenvalue weighted by atomic mass is 16.1. The zero-order valence-electron chi connectivity index (χ0n) is 20.3. The monoisotopic (exact) mass is 467 g/mol. The second-order valence-corrected chi connectivity index (χ2v) is 8.44. The summed E-state index contributed by atoms with van der Waals surface area (Å²) in [5.41, 5.74) is 6.96. The maximum absolute atomic E-state index is 12.6. The highest BCUT2D eigenvalue weighted by molar-refractivity contribution is 5.94. The van der Waals surface area contributed by atoms with Gasteiger partial charge in [-0.3, -0.25) is 4.79 Å². The zero-order chi connectivity index (χ0) is 24.8. The number of amides is 1. The first-order valence-corrected chi connectivity index (χ1v) is 11.4. The zero-order valence-corrected chi connectivity index (χ0v) is 20.3. The Morgan fingerprint density at radius 1 is 0.686 bits per heavy atom. The third-order valence-corrected chi connectivity index (χ3v) is 5.54. The average Bonchev–Trinajstić information content (AvgIpc) is 2.84. The van der Waals surface area contributed by atoms with Crippen molar-refractivity contribution in [2.24, 2.45) is 0 Å². The normalized spacial score (nSPS) is 10.5. The highest BCUT2D eigenvalue weighted by Gasteiger charge is 2.11. The van der Waals surface area contributed by atoms with E-state index in [1.165, 1.54) is 0 Å². The summed E-state index contributed by atoms with van der Waals surface area (Å²) in [5.74, 6) is 0.798. The summed E-state index contributed by atoms with van der Waals surface area (Å²) in [4.78, 5) is 26.0. The lowest BCUT2D eigenvalue weighted by molar-refractivity contribution is -0.114. The van der Waals surface area contributed by atoms with Crippen molar-refractivity contribution < 1.29 is 4.79 Å². The fraction of sp³-hybridized carbons (Fsp3) is 0.185. The molecule has 0 aliphatic heterocycles. The number of anilines is 6. The van der Waals surface area contributed by atoms with E-state index in [1.54, 1.807) is 0 Å². The van der Waals surface area contributed by atoms with Crippen LogP contribution in [0.5, 0.6) is 0 Å². The minimum absolute atomic E-state index is 0.00530. The van der Waals surface area contributed by atoms with Crippen LogP contribution < -0.4 is 21.3 Å². The van der Waals surface area contributed by atoms with Crippen LogP contribution in [-0.4, -0.2) is 27.4 Å². The third kappa shape index (κ3) is 6.54. The molecule has 0 saturated carbocycles. The predicted octanol–water partition coefficient (Wildman–Crippen LogP) is 5.64. The molecular formula is C27H29N7O. The highest BCUT2D eigenvalue weighted by Crippen LogP contribution is 2.20. The molecule has 0 spiro atoms. The predicted molar refractivity (Wildman–Crippen MR) is 142 cm³/mol. The number of carbonyl (C=O) groups is 1. The van der Waals surface area contributed by atoms with Gasteiger partial charge in [0.2, 0.25) is 23.8 Å². The van der Waals surface area contributed by atoms with E-state index < -0.39 is 0 Å². The van der Waals surface area contributed by atoms with Crippen LogP contribution in [0.2, 0.25) is 0 Å². The van der Waals surface area contributed by atoms with Crippen LogP contribution in [0.3, 0.4) is 0 Å². The molecule has 0 aliphatic rings. The summed E-state index contributed by atoms with van der Waals surface area (Å²) in [6.45, 7) is 8.06. The maximum Gasteiger partial charge on any atom is 0.243 e. The van der Waals surface area contributed by atoms with Gasteiger partial charge in [-0.2, -0.15) is 15.0 Å². The van der Waals surface area contributed by atoms with E-state index in [0.29, 0.717) is 11.9 Å². The first-order valence-electron chi connectivity index (χ1n) is 11.4. The number of benzene rings is 3. The van der Waals surface area contributed by atoms with E-state index >= 15 is 0 Å². The van der Waals surface area contributed by atoms with Gasteiger partial charge in [0.15, 0.2) is 0 Å². The molecule has 35 heavy (non-hydrogen) atoms. The molecule has 1 amide bonds. The largest absolute Gasteiger partial charge is 0.345 e. The Labute approximate surface area is 205 Å². The van der Waals surface area contributed by atoms with Gasteiger partial charge in [0.05, 0.1) is 6.54 Å². The molecule has 3 aromatic carbocycles. The van der Waals surface area contributed by atoms with Gasteiger partial charge < -0.3 is 21.3 Å². The Bertz CT molecular complexity index is 1250. The molecule has 8 nitrogen and oxygen atoms in total. The molecule has 4 N–H and O–H groups in total. The van der Waals surface area contributed by atoms with Crippen LogP contribution in [0.15, 0.2) is 66.7 Å². The quantitative estimate of drug-likeness (QED) is 0.266. The van der Waals surface area contributed by atoms with Gasteiger partial charge in [0.1, 0.15) is 0 Å². The van der Waals surface area contributed by atoms with Crippen molar-refractivity contribution >= 4 is 40.8 Å². The van der Waals surface area contributed by atoms with Crippen LogP contribution in [0.25, 0.3) is 0 Å². The van der Waals surface area contributed by atoms with Gasteiger partial charge in [0.25, 0.3) is 0 Å². The topological polar surface area (TPSA) is 104 Å². The summed E-state index contributed by atoms with van der Waals surface area (Å²) in [6, 6.07) is 21.7. The SMILES string of the molecule is Cc1ccc(Nc2nc(NCC(=O)Nc3cccc(C)c3C)nc(Nc3ccc(C)cc3)n2)cc1. The van der Waals surface area contributed by atoms with Crippen LogP contribution in [0, 0.1) is 27.7 Å². The Morgan fingerprint density at radius 3 is 1.74 bits per heavy atom. The van der Waals surface area contributed by atoms with E-state index in [-0.39, 0.29) is 18.4 Å². The number of nitrogens with zero attached hydrogens (tertiary/aromatic N) is 3. The fourth-order valence-electron chi connectivity index (χ4n) is 3.34. The molecule has 4 aromatic rings. The standard InChI is InChI=1S/C27H29N7O/c1-17-8-12-21(13-9-17)29-26-32-25(33-27(34-26)30-22-14-10-18(2)11-15-22)28-16-24(35)31-23-7-5-6-19(3)20(23)4/h5-15H,16H2,1-4H3,(H,31,35)(H3,28,29,30,32,33,34). The van der Waals surface area contributed by atoms with Crippen LogP contribution in [0.4, 0.5) is 34.9 Å². The Balaban J connectivity index is 1.52. The molecule has 0 radical (unpaired) electrons. The van der Waals surface area contributed by atoms with Gasteiger partial charge in [-0.1, -0.05) is 47.5 Å². The molecule has 0 atom stereocenters. The van der Waals surface area contributed by atoms with Crippen LogP contribution >= 0.6 is 0 Å². The van der Waals surface area contributed by atoms with Crippen molar-refractivity contribution in [1.82, 2.24) is 15.0 Å². The summed E-state index contributed by atoms with van der Waals surface area (Å²) in [6.07, 6.45) is 0. The Kier molecular flexibility index (Phi) is 7.21. The number of aromatic nitrogens is 3. The van der Waals surface area contributed by atoms with E-state index in [1.807, 2.05) is 94.4 Å². The molecular weight excluding hydrogens is 438 g/mol. The van der Waals surface area contributed by atoms with Crippen molar-refractivity contribution in [1.29, 1.82) is 0 Å². The third-order valence-electron chi connectivity index (χ3n) is 5.54. The van der Waals surface area contributed by atoms with Crippen molar-refractivity contribution in [2.75, 3.05) is 27.8 Å². The lowest BCUT2D eigenvalue weighted by Crippen LogP contribution is -2.23. The lowest BCUT2D eigenvalue weighted by Gasteiger charge is -2.13. The van der Waals surface area contributed by atoms with E-state index in [2.05, 4.69) is 36.2 Å².